The van der Waals surface area contributed by atoms with Gasteiger partial charge in [-0.1, -0.05) is 11.6 Å². The van der Waals surface area contributed by atoms with Crippen molar-refractivity contribution in [3.8, 4) is 17.6 Å². The molecular formula is C23H14ClN5O2. The number of ketones is 1. The van der Waals surface area contributed by atoms with Gasteiger partial charge < -0.3 is 14.3 Å². The van der Waals surface area contributed by atoms with Crippen LogP contribution < -0.4 is 4.74 Å². The van der Waals surface area contributed by atoms with E-state index in [1.165, 1.54) is 0 Å². The number of ether oxygens (including phenoxy) is 1. The number of aromatic amines is 1. The van der Waals surface area contributed by atoms with E-state index in [2.05, 4.69) is 15.0 Å². The lowest BCUT2D eigenvalue weighted by molar-refractivity contribution is 0.0975. The van der Waals surface area contributed by atoms with Crippen LogP contribution in [0, 0.1) is 11.3 Å². The van der Waals surface area contributed by atoms with Gasteiger partial charge in [-0.25, -0.2) is 4.98 Å². The first kappa shape index (κ1) is 18.9. The highest BCUT2D eigenvalue weighted by atomic mass is 35.5. The minimum absolute atomic E-state index is 0.0769. The lowest BCUT2D eigenvalue weighted by Crippen LogP contribution is -2.09. The molecule has 0 radical (unpaired) electrons. The van der Waals surface area contributed by atoms with E-state index in [0.717, 1.165) is 10.9 Å². The first-order valence-electron chi connectivity index (χ1n) is 9.39. The normalized spacial score (nSPS) is 11.0. The van der Waals surface area contributed by atoms with Gasteiger partial charge in [-0.05, 0) is 36.4 Å². The maximum atomic E-state index is 13.0. The fourth-order valence-electron chi connectivity index (χ4n) is 3.47. The van der Waals surface area contributed by atoms with E-state index in [0.29, 0.717) is 38.7 Å². The number of imidazole rings is 1. The Morgan fingerprint density at radius 3 is 2.94 bits per heavy atom. The predicted octanol–water partition coefficient (Wildman–Crippen LogP) is 5.11. The quantitative estimate of drug-likeness (QED) is 0.393. The van der Waals surface area contributed by atoms with Crippen LogP contribution in [-0.4, -0.2) is 25.3 Å². The number of fused-ring (bicyclic) bond motifs is 2. The topological polar surface area (TPSA) is 96.6 Å². The fourth-order valence-corrected chi connectivity index (χ4v) is 3.67. The van der Waals surface area contributed by atoms with Gasteiger partial charge in [0, 0.05) is 34.9 Å². The number of rotatable bonds is 5. The average Bonchev–Trinajstić information content (AvgIpc) is 3.37. The molecule has 3 heterocycles. The van der Waals surface area contributed by atoms with Gasteiger partial charge in [0.1, 0.15) is 17.6 Å². The van der Waals surface area contributed by atoms with E-state index in [4.69, 9.17) is 21.6 Å². The second-order valence-corrected chi connectivity index (χ2v) is 7.34. The molecule has 5 rings (SSSR count). The summed E-state index contributed by atoms with van der Waals surface area (Å²) in [6, 6.07) is 14.4. The predicted molar refractivity (Wildman–Crippen MR) is 116 cm³/mol. The second kappa shape index (κ2) is 7.59. The number of hydrogen-bond donors (Lipinski definition) is 1. The second-order valence-electron chi connectivity index (χ2n) is 6.93. The SMILES string of the molecule is N#Cc1cc2ncn(CC(=O)c3c[nH]c4cc(Oc5cccnc5)ccc34)c2cc1Cl. The van der Waals surface area contributed by atoms with E-state index in [1.807, 2.05) is 30.3 Å². The fraction of sp³-hybridized carbons (Fsp3) is 0.0435. The van der Waals surface area contributed by atoms with Crippen molar-refractivity contribution in [1.82, 2.24) is 19.5 Å². The van der Waals surface area contributed by atoms with Crippen molar-refractivity contribution in [1.29, 1.82) is 5.26 Å². The van der Waals surface area contributed by atoms with E-state index < -0.39 is 0 Å². The molecule has 0 amide bonds. The van der Waals surface area contributed by atoms with Crippen LogP contribution in [0.1, 0.15) is 15.9 Å². The molecule has 0 saturated carbocycles. The van der Waals surface area contributed by atoms with Crippen LogP contribution in [0.5, 0.6) is 11.5 Å². The maximum absolute atomic E-state index is 13.0. The minimum Gasteiger partial charge on any atom is -0.456 e. The zero-order valence-corrected chi connectivity index (χ0v) is 16.8. The zero-order valence-electron chi connectivity index (χ0n) is 16.0. The number of aromatic nitrogens is 4. The molecule has 150 valence electrons. The maximum Gasteiger partial charge on any atom is 0.184 e. The number of nitriles is 1. The first-order valence-corrected chi connectivity index (χ1v) is 9.77. The van der Waals surface area contributed by atoms with E-state index in [-0.39, 0.29) is 12.3 Å². The number of pyridine rings is 1. The molecular weight excluding hydrogens is 414 g/mol. The molecule has 8 heteroatoms. The van der Waals surface area contributed by atoms with Crippen molar-refractivity contribution < 1.29 is 9.53 Å². The molecule has 2 aromatic carbocycles. The molecule has 1 N–H and O–H groups in total. The van der Waals surface area contributed by atoms with Crippen molar-refractivity contribution in [2.75, 3.05) is 0 Å². The Labute approximate surface area is 181 Å². The van der Waals surface area contributed by atoms with Crippen molar-refractivity contribution in [3.05, 3.63) is 83.5 Å². The third-order valence-corrected chi connectivity index (χ3v) is 5.28. The van der Waals surface area contributed by atoms with Gasteiger partial charge in [0.2, 0.25) is 0 Å². The molecule has 0 aliphatic rings. The molecule has 5 aromatic rings. The highest BCUT2D eigenvalue weighted by Crippen LogP contribution is 2.28. The summed E-state index contributed by atoms with van der Waals surface area (Å²) in [5, 5.41) is 10.3. The summed E-state index contributed by atoms with van der Waals surface area (Å²) in [6.07, 6.45) is 6.59. The molecule has 7 nitrogen and oxygen atoms in total. The number of Topliss-reactive ketones (excluding diaryl/α,β-unsaturated/α-hetero) is 1. The highest BCUT2D eigenvalue weighted by molar-refractivity contribution is 6.32. The molecule has 0 bridgehead atoms. The van der Waals surface area contributed by atoms with Crippen molar-refractivity contribution in [2.45, 2.75) is 6.54 Å². The van der Waals surface area contributed by atoms with E-state index in [1.54, 1.807) is 47.7 Å². The summed E-state index contributed by atoms with van der Waals surface area (Å²) in [4.78, 5) is 24.5. The molecule has 0 aliphatic heterocycles. The van der Waals surface area contributed by atoms with Crippen molar-refractivity contribution >= 4 is 39.3 Å². The summed E-state index contributed by atoms with van der Waals surface area (Å²) in [7, 11) is 0. The molecule has 3 aromatic heterocycles. The van der Waals surface area contributed by atoms with Gasteiger partial charge in [0.25, 0.3) is 0 Å². The molecule has 0 unspecified atom stereocenters. The van der Waals surface area contributed by atoms with Crippen LogP contribution in [0.25, 0.3) is 21.9 Å². The van der Waals surface area contributed by atoms with Crippen molar-refractivity contribution in [3.63, 3.8) is 0 Å². The molecule has 0 aliphatic carbocycles. The molecule has 0 spiro atoms. The first-order chi connectivity index (χ1) is 15.1. The number of nitrogens with zero attached hydrogens (tertiary/aromatic N) is 4. The molecule has 0 fully saturated rings. The van der Waals surface area contributed by atoms with Crippen LogP contribution in [0.2, 0.25) is 5.02 Å². The van der Waals surface area contributed by atoms with Crippen LogP contribution in [0.4, 0.5) is 0 Å². The van der Waals surface area contributed by atoms with Crippen LogP contribution in [-0.2, 0) is 6.54 Å². The highest BCUT2D eigenvalue weighted by Gasteiger charge is 2.16. The van der Waals surface area contributed by atoms with Gasteiger partial charge in [-0.3, -0.25) is 9.78 Å². The largest absolute Gasteiger partial charge is 0.456 e. The van der Waals surface area contributed by atoms with Gasteiger partial charge in [-0.2, -0.15) is 5.26 Å². The summed E-state index contributed by atoms with van der Waals surface area (Å²) in [5.74, 6) is 1.20. The van der Waals surface area contributed by atoms with Gasteiger partial charge in [0.15, 0.2) is 5.78 Å². The number of benzene rings is 2. The minimum atomic E-state index is -0.0769. The molecule has 31 heavy (non-hydrogen) atoms. The van der Waals surface area contributed by atoms with Gasteiger partial charge >= 0.3 is 0 Å². The Balaban J connectivity index is 1.42. The van der Waals surface area contributed by atoms with E-state index >= 15 is 0 Å². The lowest BCUT2D eigenvalue weighted by atomic mass is 10.1. The Bertz CT molecular complexity index is 1480. The van der Waals surface area contributed by atoms with E-state index in [9.17, 15) is 4.79 Å². The number of carbonyl (C=O) groups excluding carboxylic acids is 1. The van der Waals surface area contributed by atoms with Crippen LogP contribution in [0.3, 0.4) is 0 Å². The Hall–Kier alpha value is -4.15. The smallest absolute Gasteiger partial charge is 0.184 e. The Morgan fingerprint density at radius 1 is 1.23 bits per heavy atom. The lowest BCUT2D eigenvalue weighted by Gasteiger charge is -2.06. The number of halogens is 1. The summed E-state index contributed by atoms with van der Waals surface area (Å²) in [6.45, 7) is 0.0968. The van der Waals surface area contributed by atoms with Crippen molar-refractivity contribution in [2.24, 2.45) is 0 Å². The summed E-state index contributed by atoms with van der Waals surface area (Å²) >= 11 is 6.15. The molecule has 0 saturated heterocycles. The average molecular weight is 428 g/mol. The number of nitrogens with one attached hydrogen (secondary N) is 1. The summed E-state index contributed by atoms with van der Waals surface area (Å²) in [5.41, 5.74) is 3.03. The standard InChI is InChI=1S/C23H14ClN5O2/c24-19-8-22-21(6-14(19)9-25)28-13-29(22)12-23(30)18-11-27-20-7-15(3-4-17(18)20)31-16-2-1-5-26-10-16/h1-8,10-11,13,27H,12H2. The number of hydrogen-bond acceptors (Lipinski definition) is 5. The number of carbonyl (C=O) groups is 1. The van der Waals surface area contributed by atoms with Crippen LogP contribution in [0.15, 0.2) is 67.4 Å². The Morgan fingerprint density at radius 2 is 2.13 bits per heavy atom. The third-order valence-electron chi connectivity index (χ3n) is 4.97. The third kappa shape index (κ3) is 3.50. The number of H-pyrrole nitrogens is 1. The van der Waals surface area contributed by atoms with Gasteiger partial charge in [-0.15, -0.1) is 0 Å². The Kier molecular flexibility index (Phi) is 4.62. The van der Waals surface area contributed by atoms with Crippen LogP contribution >= 0.6 is 11.6 Å². The zero-order chi connectivity index (χ0) is 21.4. The summed E-state index contributed by atoms with van der Waals surface area (Å²) < 4.78 is 7.53. The monoisotopic (exact) mass is 427 g/mol. The molecule has 0 atom stereocenters. The van der Waals surface area contributed by atoms with Gasteiger partial charge in [0.05, 0.1) is 40.7 Å².